The van der Waals surface area contributed by atoms with Gasteiger partial charge in [0.1, 0.15) is 17.3 Å². The summed E-state index contributed by atoms with van der Waals surface area (Å²) in [6, 6.07) is 20.7. The summed E-state index contributed by atoms with van der Waals surface area (Å²) in [7, 11) is 3.25. The molecule has 4 heteroatoms. The maximum atomic E-state index is 13.5. The lowest BCUT2D eigenvalue weighted by molar-refractivity contribution is 0.101. The number of aryl methyl sites for hydroxylation is 1. The summed E-state index contributed by atoms with van der Waals surface area (Å²) in [6.07, 6.45) is 2.53. The maximum Gasteiger partial charge on any atom is 0.125 e. The number of aliphatic hydroxyl groups excluding tert-OH is 1. The molecule has 2 atom stereocenters. The van der Waals surface area contributed by atoms with Gasteiger partial charge in [0, 0.05) is 5.56 Å². The van der Waals surface area contributed by atoms with Gasteiger partial charge in [-0.05, 0) is 79.5 Å². The van der Waals surface area contributed by atoms with Crippen molar-refractivity contribution in [2.75, 3.05) is 14.2 Å². The molecule has 0 aromatic heterocycles. The number of aliphatic hydroxyl groups is 1. The molecule has 0 heterocycles. The zero-order valence-corrected chi connectivity index (χ0v) is 18.5. The van der Waals surface area contributed by atoms with Crippen molar-refractivity contribution >= 4 is 0 Å². The van der Waals surface area contributed by atoms with Crippen molar-refractivity contribution in [1.29, 1.82) is 0 Å². The van der Waals surface area contributed by atoms with Gasteiger partial charge in [-0.15, -0.1) is 0 Å². The largest absolute Gasteiger partial charge is 0.496 e. The van der Waals surface area contributed by atoms with Gasteiger partial charge in [0.05, 0.1) is 20.3 Å². The Morgan fingerprint density at radius 1 is 0.871 bits per heavy atom. The van der Waals surface area contributed by atoms with Crippen molar-refractivity contribution < 1.29 is 19.0 Å². The number of halogens is 1. The molecule has 3 aromatic rings. The molecular weight excluding hydrogens is 391 g/mol. The molecule has 0 aliphatic rings. The highest BCUT2D eigenvalue weighted by atomic mass is 19.1. The Morgan fingerprint density at radius 2 is 1.52 bits per heavy atom. The summed E-state index contributed by atoms with van der Waals surface area (Å²) in [5.74, 6) is 1.20. The van der Waals surface area contributed by atoms with E-state index in [1.807, 2.05) is 43.3 Å². The molecule has 3 rings (SSSR count). The number of methoxy groups -OCH3 is 2. The van der Waals surface area contributed by atoms with E-state index in [4.69, 9.17) is 9.47 Å². The highest BCUT2D eigenvalue weighted by Crippen LogP contribution is 2.36. The quantitative estimate of drug-likeness (QED) is 0.431. The second-order valence-corrected chi connectivity index (χ2v) is 7.97. The zero-order valence-electron chi connectivity index (χ0n) is 18.5. The lowest BCUT2D eigenvalue weighted by Gasteiger charge is -2.25. The van der Waals surface area contributed by atoms with Gasteiger partial charge in [0.25, 0.3) is 0 Å². The van der Waals surface area contributed by atoms with Crippen LogP contribution in [0.5, 0.6) is 11.5 Å². The molecule has 0 bridgehead atoms. The van der Waals surface area contributed by atoms with Gasteiger partial charge in [0.2, 0.25) is 0 Å². The van der Waals surface area contributed by atoms with Crippen molar-refractivity contribution in [3.8, 4) is 11.5 Å². The van der Waals surface area contributed by atoms with Crippen LogP contribution in [0.4, 0.5) is 4.39 Å². The molecule has 0 fully saturated rings. The third-order valence-corrected chi connectivity index (χ3v) is 5.83. The van der Waals surface area contributed by atoms with Crippen LogP contribution in [-0.2, 0) is 12.8 Å². The van der Waals surface area contributed by atoms with Crippen molar-refractivity contribution in [3.63, 3.8) is 0 Å². The van der Waals surface area contributed by atoms with Crippen LogP contribution in [0.3, 0.4) is 0 Å². The van der Waals surface area contributed by atoms with Crippen LogP contribution < -0.4 is 9.47 Å². The predicted octanol–water partition coefficient (Wildman–Crippen LogP) is 6.07. The first-order valence-electron chi connectivity index (χ1n) is 10.7. The summed E-state index contributed by atoms with van der Waals surface area (Å²) in [5, 5.41) is 11.3. The predicted molar refractivity (Wildman–Crippen MR) is 122 cm³/mol. The van der Waals surface area contributed by atoms with E-state index in [0.717, 1.165) is 42.4 Å². The lowest BCUT2D eigenvalue weighted by Crippen LogP contribution is -2.16. The highest BCUT2D eigenvalue weighted by Gasteiger charge is 2.23. The highest BCUT2D eigenvalue weighted by molar-refractivity contribution is 5.48. The van der Waals surface area contributed by atoms with E-state index < -0.39 is 6.10 Å². The number of rotatable bonds is 10. The average Bonchev–Trinajstić information content (AvgIpc) is 2.79. The molecule has 0 spiro atoms. The molecule has 0 saturated carbocycles. The minimum Gasteiger partial charge on any atom is -0.496 e. The van der Waals surface area contributed by atoms with E-state index in [9.17, 15) is 9.50 Å². The van der Waals surface area contributed by atoms with Crippen LogP contribution in [0.15, 0.2) is 66.7 Å². The first kappa shape index (κ1) is 22.8. The van der Waals surface area contributed by atoms with Crippen LogP contribution in [0.25, 0.3) is 0 Å². The maximum absolute atomic E-state index is 13.5. The van der Waals surface area contributed by atoms with Crippen LogP contribution in [0, 0.1) is 18.7 Å². The van der Waals surface area contributed by atoms with Gasteiger partial charge in [0.15, 0.2) is 0 Å². The van der Waals surface area contributed by atoms with Gasteiger partial charge in [-0.25, -0.2) is 4.39 Å². The standard InChI is InChI=1S/C27H31FO3/c1-19-25(30-2)17-23(18-26(19)31-3)27(29)22(15-20-9-5-4-6-10-20)13-7-11-21-12-8-14-24(28)16-21/h4-6,8-10,12,14,16-18,22,27,29H,7,11,13,15H2,1-3H3/t22-,27-/m0/s1. The van der Waals surface area contributed by atoms with Crippen molar-refractivity contribution in [3.05, 3.63) is 94.8 Å². The number of benzene rings is 3. The van der Waals surface area contributed by atoms with E-state index in [1.165, 1.54) is 11.6 Å². The Labute approximate surface area is 184 Å². The Bertz CT molecular complexity index is 946. The first-order chi connectivity index (χ1) is 15.0. The molecule has 164 valence electrons. The van der Waals surface area contributed by atoms with Gasteiger partial charge < -0.3 is 14.6 Å². The SMILES string of the molecule is COc1cc([C@@H](O)[C@@H](CCCc2cccc(F)c2)Cc2ccccc2)cc(OC)c1C. The Balaban J connectivity index is 1.81. The normalized spacial score (nSPS) is 12.9. The monoisotopic (exact) mass is 422 g/mol. The fourth-order valence-electron chi connectivity index (χ4n) is 4.10. The fourth-order valence-corrected chi connectivity index (χ4v) is 4.10. The lowest BCUT2D eigenvalue weighted by atomic mass is 9.85. The molecule has 0 aliphatic carbocycles. The molecule has 0 aliphatic heterocycles. The van der Waals surface area contributed by atoms with Crippen LogP contribution >= 0.6 is 0 Å². The third-order valence-electron chi connectivity index (χ3n) is 5.83. The van der Waals surface area contributed by atoms with E-state index in [1.54, 1.807) is 26.4 Å². The van der Waals surface area contributed by atoms with Crippen LogP contribution in [0.2, 0.25) is 0 Å². The molecule has 0 unspecified atom stereocenters. The van der Waals surface area contributed by atoms with Crippen LogP contribution in [-0.4, -0.2) is 19.3 Å². The molecule has 1 N–H and O–H groups in total. The number of hydrogen-bond donors (Lipinski definition) is 1. The molecule has 0 amide bonds. The molecule has 0 saturated heterocycles. The van der Waals surface area contributed by atoms with Crippen molar-refractivity contribution in [1.82, 2.24) is 0 Å². The smallest absolute Gasteiger partial charge is 0.125 e. The third kappa shape index (κ3) is 6.08. The summed E-state index contributed by atoms with van der Waals surface area (Å²) in [6.45, 7) is 1.94. The second kappa shape index (κ2) is 11.0. The van der Waals surface area contributed by atoms with E-state index >= 15 is 0 Å². The number of ether oxygens (including phenoxy) is 2. The summed E-state index contributed by atoms with van der Waals surface area (Å²) < 4.78 is 24.5. The molecule has 31 heavy (non-hydrogen) atoms. The molecular formula is C27H31FO3. The van der Waals surface area contributed by atoms with Crippen LogP contribution in [0.1, 0.15) is 41.2 Å². The van der Waals surface area contributed by atoms with E-state index in [2.05, 4.69) is 12.1 Å². The molecule has 3 aromatic carbocycles. The fraction of sp³-hybridized carbons (Fsp3) is 0.333. The van der Waals surface area contributed by atoms with Gasteiger partial charge in [-0.1, -0.05) is 42.5 Å². The zero-order chi connectivity index (χ0) is 22.2. The summed E-state index contributed by atoms with van der Waals surface area (Å²) in [5.41, 5.74) is 3.85. The topological polar surface area (TPSA) is 38.7 Å². The minimum absolute atomic E-state index is 0.00748. The molecule has 0 radical (unpaired) electrons. The van der Waals surface area contributed by atoms with E-state index in [-0.39, 0.29) is 11.7 Å². The number of hydrogen-bond acceptors (Lipinski definition) is 3. The summed E-state index contributed by atoms with van der Waals surface area (Å²) >= 11 is 0. The second-order valence-electron chi connectivity index (χ2n) is 7.97. The van der Waals surface area contributed by atoms with Crippen molar-refractivity contribution in [2.24, 2.45) is 5.92 Å². The van der Waals surface area contributed by atoms with Gasteiger partial charge >= 0.3 is 0 Å². The Morgan fingerprint density at radius 3 is 2.13 bits per heavy atom. The Hall–Kier alpha value is -2.85. The van der Waals surface area contributed by atoms with Gasteiger partial charge in [-0.2, -0.15) is 0 Å². The Kier molecular flexibility index (Phi) is 8.07. The van der Waals surface area contributed by atoms with E-state index in [0.29, 0.717) is 11.5 Å². The minimum atomic E-state index is -0.670. The van der Waals surface area contributed by atoms with Crippen molar-refractivity contribution in [2.45, 2.75) is 38.7 Å². The van der Waals surface area contributed by atoms with Gasteiger partial charge in [-0.3, -0.25) is 0 Å². The molecule has 3 nitrogen and oxygen atoms in total. The summed E-state index contributed by atoms with van der Waals surface area (Å²) in [4.78, 5) is 0. The first-order valence-corrected chi connectivity index (χ1v) is 10.7. The average molecular weight is 423 g/mol.